The smallest absolute Gasteiger partial charge is 0.137 e. The first kappa shape index (κ1) is 13.1. The highest BCUT2D eigenvalue weighted by atomic mass is 15.0. The Morgan fingerprint density at radius 3 is 2.46 bits per heavy atom. The van der Waals surface area contributed by atoms with Gasteiger partial charge in [0.1, 0.15) is 5.65 Å². The summed E-state index contributed by atoms with van der Waals surface area (Å²) in [5.41, 5.74) is 5.41. The number of rotatable bonds is 2. The average Bonchev–Trinajstić information content (AvgIpc) is 3.26. The summed E-state index contributed by atoms with van der Waals surface area (Å²) in [6, 6.07) is 25.0. The molecule has 2 aromatic carbocycles. The van der Waals surface area contributed by atoms with Crippen LogP contribution in [0, 0.1) is 0 Å². The van der Waals surface area contributed by atoms with Crippen LogP contribution in [0.4, 0.5) is 0 Å². The van der Waals surface area contributed by atoms with Gasteiger partial charge in [-0.15, -0.1) is 0 Å². The summed E-state index contributed by atoms with van der Waals surface area (Å²) in [5, 5.41) is 1.24. The molecule has 0 spiro atoms. The molecule has 0 aliphatic heterocycles. The van der Waals surface area contributed by atoms with Crippen LogP contribution >= 0.6 is 0 Å². The van der Waals surface area contributed by atoms with E-state index in [1.807, 2.05) is 18.2 Å². The first-order chi connectivity index (χ1) is 11.9. The summed E-state index contributed by atoms with van der Waals surface area (Å²) in [7, 11) is 0. The van der Waals surface area contributed by atoms with Crippen molar-refractivity contribution in [1.29, 1.82) is 0 Å². The van der Waals surface area contributed by atoms with Crippen molar-refractivity contribution in [2.75, 3.05) is 0 Å². The zero-order valence-corrected chi connectivity index (χ0v) is 13.0. The zero-order valence-electron chi connectivity index (χ0n) is 13.0. The molecule has 114 valence electrons. The third-order valence-corrected chi connectivity index (χ3v) is 4.38. The van der Waals surface area contributed by atoms with Crippen molar-refractivity contribution in [2.45, 2.75) is 0 Å². The van der Waals surface area contributed by atoms with Gasteiger partial charge in [0.2, 0.25) is 0 Å². The van der Waals surface area contributed by atoms with Crippen LogP contribution in [-0.4, -0.2) is 14.0 Å². The van der Waals surface area contributed by atoms with E-state index in [2.05, 4.69) is 82.2 Å². The highest BCUT2D eigenvalue weighted by Crippen LogP contribution is 2.23. The molecule has 0 saturated heterocycles. The van der Waals surface area contributed by atoms with Crippen LogP contribution < -0.4 is 0 Å². The summed E-state index contributed by atoms with van der Waals surface area (Å²) < 4.78 is 4.30. The van der Waals surface area contributed by atoms with Crippen LogP contribution in [0.3, 0.4) is 0 Å². The minimum absolute atomic E-state index is 0.953. The molecular weight excluding hydrogens is 294 g/mol. The summed E-state index contributed by atoms with van der Waals surface area (Å²) in [5.74, 6) is 0. The maximum atomic E-state index is 4.72. The Morgan fingerprint density at radius 1 is 0.708 bits per heavy atom. The number of pyridine rings is 1. The number of hydrogen-bond acceptors (Lipinski definition) is 1. The summed E-state index contributed by atoms with van der Waals surface area (Å²) in [6.45, 7) is 0. The lowest BCUT2D eigenvalue weighted by Gasteiger charge is -2.06. The van der Waals surface area contributed by atoms with Crippen molar-refractivity contribution in [3.8, 4) is 16.9 Å². The zero-order chi connectivity index (χ0) is 15.9. The first-order valence-corrected chi connectivity index (χ1v) is 7.99. The number of para-hydroxylation sites is 1. The van der Waals surface area contributed by atoms with Gasteiger partial charge < -0.3 is 8.97 Å². The van der Waals surface area contributed by atoms with Gasteiger partial charge in [-0.2, -0.15) is 0 Å². The van der Waals surface area contributed by atoms with Crippen molar-refractivity contribution in [3.05, 3.63) is 91.4 Å². The summed E-state index contributed by atoms with van der Waals surface area (Å²) in [6.07, 6.45) is 6.32. The van der Waals surface area contributed by atoms with E-state index in [0.717, 1.165) is 22.6 Å². The van der Waals surface area contributed by atoms with E-state index in [1.54, 1.807) is 0 Å². The molecule has 3 heterocycles. The molecule has 5 aromatic rings. The summed E-state index contributed by atoms with van der Waals surface area (Å²) in [4.78, 5) is 4.72. The maximum absolute atomic E-state index is 4.72. The fourth-order valence-corrected chi connectivity index (χ4v) is 3.18. The van der Waals surface area contributed by atoms with Gasteiger partial charge in [-0.3, -0.25) is 0 Å². The quantitative estimate of drug-likeness (QED) is 0.452. The standard InChI is InChI=1S/C21H15N3/c1-2-6-16(7-3-1)19-15-23-14-18(10-11-21(23)22-19)24-13-12-17-8-4-5-9-20(17)24/h1-15H. The van der Waals surface area contributed by atoms with E-state index >= 15 is 0 Å². The van der Waals surface area contributed by atoms with Crippen LogP contribution in [0.1, 0.15) is 0 Å². The van der Waals surface area contributed by atoms with Gasteiger partial charge in [0.15, 0.2) is 0 Å². The molecule has 5 rings (SSSR count). The number of hydrogen-bond donors (Lipinski definition) is 0. The molecule has 0 saturated carbocycles. The number of aromatic nitrogens is 3. The lowest BCUT2D eigenvalue weighted by Crippen LogP contribution is -1.94. The highest BCUT2D eigenvalue weighted by molar-refractivity contribution is 5.81. The molecule has 3 heteroatoms. The minimum Gasteiger partial charge on any atom is -0.315 e. The second-order valence-corrected chi connectivity index (χ2v) is 5.89. The maximum Gasteiger partial charge on any atom is 0.137 e. The van der Waals surface area contributed by atoms with E-state index in [4.69, 9.17) is 4.98 Å². The van der Waals surface area contributed by atoms with Gasteiger partial charge in [-0.05, 0) is 29.7 Å². The van der Waals surface area contributed by atoms with Crippen molar-refractivity contribution in [3.63, 3.8) is 0 Å². The van der Waals surface area contributed by atoms with E-state index in [9.17, 15) is 0 Å². The summed E-state index contributed by atoms with van der Waals surface area (Å²) >= 11 is 0. The molecule has 3 nitrogen and oxygen atoms in total. The fraction of sp³-hybridized carbons (Fsp3) is 0. The van der Waals surface area contributed by atoms with Gasteiger partial charge in [0.05, 0.1) is 16.9 Å². The second-order valence-electron chi connectivity index (χ2n) is 5.89. The van der Waals surface area contributed by atoms with Crippen molar-refractivity contribution >= 4 is 16.6 Å². The molecule has 24 heavy (non-hydrogen) atoms. The Bertz CT molecular complexity index is 1150. The molecule has 0 unspecified atom stereocenters. The molecule has 0 atom stereocenters. The average molecular weight is 309 g/mol. The van der Waals surface area contributed by atoms with Gasteiger partial charge in [-0.1, -0.05) is 48.5 Å². The molecule has 0 N–H and O–H groups in total. The lowest BCUT2D eigenvalue weighted by molar-refractivity contribution is 1.07. The minimum atomic E-state index is 0.953. The predicted molar refractivity (Wildman–Crippen MR) is 97.5 cm³/mol. The van der Waals surface area contributed by atoms with Crippen LogP contribution in [0.25, 0.3) is 33.5 Å². The third-order valence-electron chi connectivity index (χ3n) is 4.38. The fourth-order valence-electron chi connectivity index (χ4n) is 3.18. The van der Waals surface area contributed by atoms with Gasteiger partial charge in [0, 0.05) is 24.2 Å². The largest absolute Gasteiger partial charge is 0.315 e. The number of imidazole rings is 1. The number of nitrogens with zero attached hydrogens (tertiary/aromatic N) is 3. The third kappa shape index (κ3) is 2.02. The molecule has 0 radical (unpaired) electrons. The Hall–Kier alpha value is -3.33. The van der Waals surface area contributed by atoms with E-state index in [-0.39, 0.29) is 0 Å². The Morgan fingerprint density at radius 2 is 1.54 bits per heavy atom. The predicted octanol–water partition coefficient (Wildman–Crippen LogP) is 4.95. The Labute approximate surface area is 139 Å². The highest BCUT2D eigenvalue weighted by Gasteiger charge is 2.07. The second kappa shape index (κ2) is 5.10. The van der Waals surface area contributed by atoms with Crippen molar-refractivity contribution in [2.24, 2.45) is 0 Å². The molecule has 0 aliphatic rings. The number of benzene rings is 2. The molecule has 0 aliphatic carbocycles. The van der Waals surface area contributed by atoms with Crippen molar-refractivity contribution in [1.82, 2.24) is 14.0 Å². The molecule has 0 fully saturated rings. The van der Waals surface area contributed by atoms with E-state index in [1.165, 1.54) is 10.9 Å². The molecule has 0 amide bonds. The van der Waals surface area contributed by atoms with E-state index in [0.29, 0.717) is 0 Å². The molecule has 0 bridgehead atoms. The van der Waals surface area contributed by atoms with Crippen LogP contribution in [-0.2, 0) is 0 Å². The van der Waals surface area contributed by atoms with Crippen LogP contribution in [0.5, 0.6) is 0 Å². The van der Waals surface area contributed by atoms with Gasteiger partial charge >= 0.3 is 0 Å². The topological polar surface area (TPSA) is 22.2 Å². The monoisotopic (exact) mass is 309 g/mol. The Balaban J connectivity index is 1.66. The Kier molecular flexibility index (Phi) is 2.79. The molecular formula is C21H15N3. The van der Waals surface area contributed by atoms with Crippen molar-refractivity contribution < 1.29 is 0 Å². The van der Waals surface area contributed by atoms with Crippen LogP contribution in [0.15, 0.2) is 91.4 Å². The van der Waals surface area contributed by atoms with Gasteiger partial charge in [-0.25, -0.2) is 4.98 Å². The first-order valence-electron chi connectivity index (χ1n) is 7.99. The normalized spacial score (nSPS) is 11.3. The number of fused-ring (bicyclic) bond motifs is 2. The van der Waals surface area contributed by atoms with Crippen LogP contribution in [0.2, 0.25) is 0 Å². The lowest BCUT2D eigenvalue weighted by atomic mass is 10.2. The van der Waals surface area contributed by atoms with Gasteiger partial charge in [0.25, 0.3) is 0 Å². The SMILES string of the molecule is c1ccc(-c2cn3cc(-n4ccc5ccccc54)ccc3n2)cc1. The van der Waals surface area contributed by atoms with E-state index < -0.39 is 0 Å². The molecule has 3 aromatic heterocycles.